The summed E-state index contributed by atoms with van der Waals surface area (Å²) in [4.78, 5) is 0. The second-order valence-electron chi connectivity index (χ2n) is 25.8. The quantitative estimate of drug-likeness (QED) is 0.0569. The molecule has 10 aliphatic rings. The van der Waals surface area contributed by atoms with Crippen LogP contribution in [0.25, 0.3) is 0 Å². The van der Waals surface area contributed by atoms with E-state index in [4.69, 9.17) is 52.1 Å². The zero-order valence-electron chi connectivity index (χ0n) is 47.4. The van der Waals surface area contributed by atoms with Crippen molar-refractivity contribution in [3.8, 4) is 0 Å². The molecule has 28 nitrogen and oxygen atoms in total. The van der Waals surface area contributed by atoms with Crippen molar-refractivity contribution in [3.05, 3.63) is 23.8 Å². The number of hydrogen-bond donors (Lipinski definition) is 17. The van der Waals surface area contributed by atoms with E-state index < -0.39 is 192 Å². The van der Waals surface area contributed by atoms with Crippen LogP contribution in [0.4, 0.5) is 0 Å². The van der Waals surface area contributed by atoms with Crippen molar-refractivity contribution in [1.82, 2.24) is 0 Å². The molecule has 0 bridgehead atoms. The summed E-state index contributed by atoms with van der Waals surface area (Å²) in [5, 5.41) is 182. The van der Waals surface area contributed by atoms with Crippen molar-refractivity contribution in [1.29, 1.82) is 0 Å². The smallest absolute Gasteiger partial charge is 0.187 e. The maximum Gasteiger partial charge on any atom is 0.187 e. The zero-order chi connectivity index (χ0) is 60.6. The maximum atomic E-state index is 12.1. The van der Waals surface area contributed by atoms with Crippen LogP contribution < -0.4 is 0 Å². The van der Waals surface area contributed by atoms with E-state index in [9.17, 15) is 86.8 Å². The minimum atomic E-state index is -2.03. The van der Waals surface area contributed by atoms with E-state index in [1.165, 1.54) is 5.57 Å². The van der Waals surface area contributed by atoms with Gasteiger partial charge in [0, 0.05) is 12.3 Å². The molecular formula is C56H90O28. The van der Waals surface area contributed by atoms with E-state index in [1.807, 2.05) is 0 Å². The van der Waals surface area contributed by atoms with Crippen molar-refractivity contribution in [2.45, 2.75) is 244 Å². The molecule has 10 rings (SSSR count). The second-order valence-corrected chi connectivity index (χ2v) is 25.8. The van der Waals surface area contributed by atoms with Gasteiger partial charge in [-0.3, -0.25) is 0 Å². The Kier molecular flexibility index (Phi) is 20.2. The minimum absolute atomic E-state index is 0.0611. The van der Waals surface area contributed by atoms with E-state index in [0.29, 0.717) is 42.6 Å². The Bertz CT molecular complexity index is 2250. The van der Waals surface area contributed by atoms with Crippen LogP contribution in [-0.4, -0.2) is 292 Å². The fourth-order valence-electron chi connectivity index (χ4n) is 16.1. The number of allylic oxidation sites excluding steroid dienone is 1. The molecule has 0 spiro atoms. The molecule has 0 aromatic heterocycles. The first-order valence-corrected chi connectivity index (χ1v) is 29.7. The summed E-state index contributed by atoms with van der Waals surface area (Å²) in [6, 6.07) is 0. The Morgan fingerprint density at radius 3 is 1.82 bits per heavy atom. The largest absolute Gasteiger partial charge is 0.394 e. The number of aliphatic hydroxyl groups is 17. The van der Waals surface area contributed by atoms with Gasteiger partial charge in [0.1, 0.15) is 116 Å². The van der Waals surface area contributed by atoms with Crippen molar-refractivity contribution >= 4 is 0 Å². The Balaban J connectivity index is 0.772. The van der Waals surface area contributed by atoms with Crippen molar-refractivity contribution in [2.24, 2.45) is 40.4 Å². The molecule has 6 heterocycles. The van der Waals surface area contributed by atoms with Gasteiger partial charge in [0.2, 0.25) is 0 Å². The van der Waals surface area contributed by atoms with E-state index in [2.05, 4.69) is 33.4 Å². The number of ether oxygens (including phenoxy) is 11. The predicted octanol–water partition coefficient (Wildman–Crippen LogP) is -5.65. The van der Waals surface area contributed by atoms with E-state index >= 15 is 0 Å². The normalized spacial score (nSPS) is 54.0. The maximum absolute atomic E-state index is 12.1. The molecule has 0 aromatic carbocycles. The van der Waals surface area contributed by atoms with Gasteiger partial charge in [0.05, 0.1) is 51.8 Å². The van der Waals surface area contributed by atoms with Crippen molar-refractivity contribution < 1.29 is 139 Å². The molecule has 0 radical (unpaired) electrons. The molecule has 0 amide bonds. The lowest BCUT2D eigenvalue weighted by molar-refractivity contribution is -0.403. The highest BCUT2D eigenvalue weighted by Crippen LogP contribution is 2.70. The first kappa shape index (κ1) is 65.3. The van der Waals surface area contributed by atoms with Crippen LogP contribution >= 0.6 is 0 Å². The van der Waals surface area contributed by atoms with Crippen LogP contribution in [0.1, 0.15) is 78.6 Å². The lowest BCUT2D eigenvalue weighted by Gasteiger charge is -2.58. The molecule has 4 aliphatic carbocycles. The van der Waals surface area contributed by atoms with Gasteiger partial charge in [-0.15, -0.1) is 0 Å². The molecule has 3 saturated carbocycles. The van der Waals surface area contributed by atoms with Crippen LogP contribution in [-0.2, 0) is 52.1 Å². The Labute approximate surface area is 485 Å². The highest BCUT2D eigenvalue weighted by Gasteiger charge is 2.68. The van der Waals surface area contributed by atoms with Gasteiger partial charge in [-0.05, 0) is 85.9 Å². The summed E-state index contributed by atoms with van der Waals surface area (Å²) >= 11 is 0. The summed E-state index contributed by atoms with van der Waals surface area (Å²) in [5.41, 5.74) is 1.53. The molecule has 84 heavy (non-hydrogen) atoms. The van der Waals surface area contributed by atoms with Gasteiger partial charge >= 0.3 is 0 Å². The molecule has 9 fully saturated rings. The van der Waals surface area contributed by atoms with Gasteiger partial charge in [-0.25, -0.2) is 0 Å². The number of fused-ring (bicyclic) bond motifs is 7. The summed E-state index contributed by atoms with van der Waals surface area (Å²) in [6.45, 7) is 7.05. The fourth-order valence-corrected chi connectivity index (χ4v) is 16.1. The van der Waals surface area contributed by atoms with Crippen LogP contribution in [0.15, 0.2) is 23.8 Å². The third kappa shape index (κ3) is 11.9. The highest BCUT2D eigenvalue weighted by atomic mass is 16.8. The van der Waals surface area contributed by atoms with E-state index in [1.54, 1.807) is 0 Å². The number of aliphatic hydroxyl groups excluding tert-OH is 16. The first-order chi connectivity index (χ1) is 39.8. The molecule has 34 atom stereocenters. The van der Waals surface area contributed by atoms with Crippen LogP contribution in [0, 0.1) is 40.4 Å². The molecule has 0 unspecified atom stereocenters. The van der Waals surface area contributed by atoms with Gasteiger partial charge in [0.25, 0.3) is 0 Å². The molecule has 482 valence electrons. The molecule has 17 N–H and O–H groups in total. The van der Waals surface area contributed by atoms with Crippen molar-refractivity contribution in [3.63, 3.8) is 0 Å². The third-order valence-electron chi connectivity index (χ3n) is 21.0. The minimum Gasteiger partial charge on any atom is -0.394 e. The Morgan fingerprint density at radius 1 is 0.595 bits per heavy atom. The van der Waals surface area contributed by atoms with Crippen LogP contribution in [0.2, 0.25) is 0 Å². The first-order valence-electron chi connectivity index (χ1n) is 29.7. The average Bonchev–Trinajstić information content (AvgIpc) is 2.08. The zero-order valence-corrected chi connectivity index (χ0v) is 47.4. The van der Waals surface area contributed by atoms with Crippen LogP contribution in [0.5, 0.6) is 0 Å². The fraction of sp³-hybridized carbons (Fsp3) is 0.929. The lowest BCUT2D eigenvalue weighted by Crippen LogP contribution is -2.68. The topological polar surface area (TPSA) is 445 Å². The number of hydrogen-bond acceptors (Lipinski definition) is 28. The standard InChI is InChI=1S/C56H90O28/c1-21(19-74-49-43(70)39(66)36(63)30(15-57)77-49)7-12-56(73)22(2)34-29(84-56)14-27-25-6-5-23-13-24(8-10-54(23,3)26(25)9-11-55(27,34)4)76-51-45(72)41(68)46(33(18-60)80-51)81-53-48(83-52-44(71)40(67)37(64)31(16-58)78-52)47(38(65)32(17-59)79-53)82-50-42(69)35(62)28(61)20-75-50/h5,22,24-53,57-73H,1,6-20H2,2-4H3/t22-,24-,25+,26-,27-,28+,29-,30+,31+,32+,33+,34-,35-,36+,37+,38+,39-,40-,41+,42+,43+,44+,45+,46-,47-,48+,49+,50-,51+,52-,53-,54-,55-,56+/m0/s1. The summed E-state index contributed by atoms with van der Waals surface area (Å²) < 4.78 is 65.6. The van der Waals surface area contributed by atoms with E-state index in [0.717, 1.165) is 32.1 Å². The summed E-state index contributed by atoms with van der Waals surface area (Å²) in [7, 11) is 0. The molecule has 28 heteroatoms. The van der Waals surface area contributed by atoms with Gasteiger partial charge in [-0.1, -0.05) is 44.6 Å². The predicted molar refractivity (Wildman–Crippen MR) is 278 cm³/mol. The van der Waals surface area contributed by atoms with Gasteiger partial charge < -0.3 is 139 Å². The average molecular weight is 1210 g/mol. The Hall–Kier alpha value is -1.64. The summed E-state index contributed by atoms with van der Waals surface area (Å²) in [5.74, 6) is -0.489. The number of rotatable bonds is 18. The molecule has 6 saturated heterocycles. The van der Waals surface area contributed by atoms with Gasteiger partial charge in [0.15, 0.2) is 37.2 Å². The lowest BCUT2D eigenvalue weighted by atomic mass is 9.47. The molecule has 6 aliphatic heterocycles. The SMILES string of the molecule is C=C(CC[C@@]1(O)O[C@H]2C[C@H]3[C@@H]4CC=C5C[C@@H](O[C@@H]6O[C@H](CO)[C@H](O[C@@H]7O[C@H](CO)[C@@H](O)[C@H](O[C@@H]8OC[C@@H](O)[C@H](O)[C@H]8O)[C@H]7O[C@@H]7O[C@H](CO)[C@@H](O)[C@H](O)[C@H]7O)[C@H](O)[C@H]6O)CC[C@]5(C)[C@H]4CC[C@]3(C)[C@H]2[C@@H]1C)CO[C@@H]1O[C@H](CO)[C@@H](O)[C@H](O)[C@H]1O. The second kappa shape index (κ2) is 25.9. The Morgan fingerprint density at radius 2 is 1.15 bits per heavy atom. The molecule has 0 aromatic rings. The van der Waals surface area contributed by atoms with Crippen molar-refractivity contribution in [2.75, 3.05) is 39.6 Å². The van der Waals surface area contributed by atoms with Gasteiger partial charge in [-0.2, -0.15) is 0 Å². The van der Waals surface area contributed by atoms with E-state index in [-0.39, 0.29) is 41.8 Å². The monoisotopic (exact) mass is 1210 g/mol. The van der Waals surface area contributed by atoms with Crippen LogP contribution in [0.3, 0.4) is 0 Å². The summed E-state index contributed by atoms with van der Waals surface area (Å²) in [6.07, 6.45) is -33.1. The highest BCUT2D eigenvalue weighted by molar-refractivity contribution is 5.26. The third-order valence-corrected chi connectivity index (χ3v) is 21.0. The molecular weight excluding hydrogens is 1120 g/mol.